The minimum absolute atomic E-state index is 0.250. The molecule has 0 radical (unpaired) electrons. The Morgan fingerprint density at radius 3 is 2.80 bits per heavy atom. The summed E-state index contributed by atoms with van der Waals surface area (Å²) >= 11 is 0. The van der Waals surface area contributed by atoms with Crippen molar-refractivity contribution < 1.29 is 9.90 Å². The molecule has 15 heavy (non-hydrogen) atoms. The van der Waals surface area contributed by atoms with E-state index in [0.29, 0.717) is 19.4 Å². The summed E-state index contributed by atoms with van der Waals surface area (Å²) in [4.78, 5) is 11.4. The number of aromatic hydroxyl groups is 1. The van der Waals surface area contributed by atoms with Crippen LogP contribution in [0.15, 0.2) is 24.3 Å². The molecule has 80 valence electrons. The second-order valence-electron chi connectivity index (χ2n) is 4.24. The molecule has 1 aromatic carbocycles. The zero-order valence-electron chi connectivity index (χ0n) is 8.79. The van der Waals surface area contributed by atoms with E-state index in [9.17, 15) is 9.90 Å². The van der Waals surface area contributed by atoms with Gasteiger partial charge in [-0.25, -0.2) is 0 Å². The number of ketones is 1. The number of carbonyl (C=O) groups excluding carboxylic acids is 1. The van der Waals surface area contributed by atoms with E-state index in [-0.39, 0.29) is 11.5 Å². The van der Waals surface area contributed by atoms with E-state index in [1.165, 1.54) is 0 Å². The number of rotatable bonds is 1. The molecule has 1 atom stereocenters. The SMILES string of the molecule is CC1(c2ccccc2O)CC(=O)CCN1. The second kappa shape index (κ2) is 3.66. The summed E-state index contributed by atoms with van der Waals surface area (Å²) in [6.45, 7) is 2.64. The molecular weight excluding hydrogens is 190 g/mol. The van der Waals surface area contributed by atoms with Crippen molar-refractivity contribution in [1.82, 2.24) is 5.32 Å². The van der Waals surface area contributed by atoms with E-state index in [0.717, 1.165) is 5.56 Å². The molecule has 0 amide bonds. The quantitative estimate of drug-likeness (QED) is 0.731. The van der Waals surface area contributed by atoms with Crippen LogP contribution >= 0.6 is 0 Å². The van der Waals surface area contributed by atoms with Gasteiger partial charge in [0.25, 0.3) is 0 Å². The Bertz CT molecular complexity index is 389. The number of nitrogens with one attached hydrogen (secondary N) is 1. The predicted octanol–water partition coefficient (Wildman–Crippen LogP) is 1.56. The Labute approximate surface area is 89.1 Å². The molecule has 0 spiro atoms. The summed E-state index contributed by atoms with van der Waals surface area (Å²) in [5.74, 6) is 0.502. The number of benzene rings is 1. The lowest BCUT2D eigenvalue weighted by atomic mass is 9.83. The Hall–Kier alpha value is -1.35. The van der Waals surface area contributed by atoms with E-state index < -0.39 is 5.54 Å². The Morgan fingerprint density at radius 2 is 2.13 bits per heavy atom. The number of phenols is 1. The van der Waals surface area contributed by atoms with Gasteiger partial charge in [-0.1, -0.05) is 18.2 Å². The van der Waals surface area contributed by atoms with Gasteiger partial charge >= 0.3 is 0 Å². The van der Waals surface area contributed by atoms with Gasteiger partial charge in [-0.15, -0.1) is 0 Å². The topological polar surface area (TPSA) is 49.3 Å². The van der Waals surface area contributed by atoms with Crippen LogP contribution < -0.4 is 5.32 Å². The molecule has 2 rings (SSSR count). The van der Waals surface area contributed by atoms with Gasteiger partial charge in [0.05, 0.1) is 5.54 Å². The maximum Gasteiger partial charge on any atom is 0.136 e. The molecule has 1 aliphatic heterocycles. The third-order valence-electron chi connectivity index (χ3n) is 2.97. The first-order chi connectivity index (χ1) is 7.12. The van der Waals surface area contributed by atoms with Crippen molar-refractivity contribution >= 4 is 5.78 Å². The zero-order chi connectivity index (χ0) is 10.9. The van der Waals surface area contributed by atoms with Gasteiger partial charge < -0.3 is 10.4 Å². The van der Waals surface area contributed by atoms with Crippen LogP contribution in [0.5, 0.6) is 5.75 Å². The van der Waals surface area contributed by atoms with Crippen LogP contribution in [0.1, 0.15) is 25.3 Å². The molecule has 0 bridgehead atoms. The van der Waals surface area contributed by atoms with Crippen molar-refractivity contribution in [3.05, 3.63) is 29.8 Å². The van der Waals surface area contributed by atoms with Gasteiger partial charge in [-0.2, -0.15) is 0 Å². The predicted molar refractivity (Wildman–Crippen MR) is 57.7 cm³/mol. The number of hydrogen-bond donors (Lipinski definition) is 2. The fraction of sp³-hybridized carbons (Fsp3) is 0.417. The van der Waals surface area contributed by atoms with E-state index in [1.807, 2.05) is 19.1 Å². The largest absolute Gasteiger partial charge is 0.508 e. The maximum absolute atomic E-state index is 11.4. The van der Waals surface area contributed by atoms with Crippen LogP contribution in [0.3, 0.4) is 0 Å². The summed E-state index contributed by atoms with van der Waals surface area (Å²) < 4.78 is 0. The lowest BCUT2D eigenvalue weighted by Gasteiger charge is -2.35. The molecule has 3 nitrogen and oxygen atoms in total. The van der Waals surface area contributed by atoms with Crippen molar-refractivity contribution in [1.29, 1.82) is 0 Å². The molecule has 1 unspecified atom stereocenters. The second-order valence-corrected chi connectivity index (χ2v) is 4.24. The highest BCUT2D eigenvalue weighted by Gasteiger charge is 2.34. The highest BCUT2D eigenvalue weighted by molar-refractivity contribution is 5.81. The molecule has 0 saturated carbocycles. The van der Waals surface area contributed by atoms with Gasteiger partial charge in [0.15, 0.2) is 0 Å². The zero-order valence-corrected chi connectivity index (χ0v) is 8.79. The fourth-order valence-corrected chi connectivity index (χ4v) is 2.15. The summed E-state index contributed by atoms with van der Waals surface area (Å²) in [6, 6.07) is 7.18. The van der Waals surface area contributed by atoms with Crippen molar-refractivity contribution in [2.24, 2.45) is 0 Å². The van der Waals surface area contributed by atoms with Crippen molar-refractivity contribution in [3.63, 3.8) is 0 Å². The number of hydrogen-bond acceptors (Lipinski definition) is 3. The minimum Gasteiger partial charge on any atom is -0.508 e. The van der Waals surface area contributed by atoms with Gasteiger partial charge in [-0.3, -0.25) is 4.79 Å². The van der Waals surface area contributed by atoms with Gasteiger partial charge in [0.1, 0.15) is 11.5 Å². The van der Waals surface area contributed by atoms with Crippen LogP contribution in [-0.2, 0) is 10.3 Å². The molecule has 1 aliphatic rings. The van der Waals surface area contributed by atoms with E-state index >= 15 is 0 Å². The summed E-state index contributed by atoms with van der Waals surface area (Å²) in [5.41, 5.74) is 0.388. The van der Waals surface area contributed by atoms with Crippen LogP contribution in [-0.4, -0.2) is 17.4 Å². The Kier molecular flexibility index (Phi) is 2.49. The molecule has 1 heterocycles. The number of Topliss-reactive ketones (excluding diaryl/α,β-unsaturated/α-hetero) is 1. The first kappa shape index (κ1) is 10.2. The average molecular weight is 205 g/mol. The number of piperidine rings is 1. The molecule has 3 heteroatoms. The molecule has 0 aliphatic carbocycles. The minimum atomic E-state index is -0.416. The fourth-order valence-electron chi connectivity index (χ4n) is 2.15. The Balaban J connectivity index is 2.36. The third kappa shape index (κ3) is 1.88. The number of para-hydroxylation sites is 1. The molecule has 0 aromatic heterocycles. The normalized spacial score (nSPS) is 26.6. The third-order valence-corrected chi connectivity index (χ3v) is 2.97. The molecule has 1 fully saturated rings. The van der Waals surface area contributed by atoms with Crippen molar-refractivity contribution in [2.45, 2.75) is 25.3 Å². The van der Waals surface area contributed by atoms with Crippen molar-refractivity contribution in [3.8, 4) is 5.75 Å². The number of carbonyl (C=O) groups is 1. The van der Waals surface area contributed by atoms with Crippen LogP contribution in [0.4, 0.5) is 0 Å². The van der Waals surface area contributed by atoms with Crippen LogP contribution in [0.25, 0.3) is 0 Å². The van der Waals surface area contributed by atoms with Crippen LogP contribution in [0.2, 0.25) is 0 Å². The van der Waals surface area contributed by atoms with Crippen molar-refractivity contribution in [2.75, 3.05) is 6.54 Å². The maximum atomic E-state index is 11.4. The van der Waals surface area contributed by atoms with E-state index in [4.69, 9.17) is 0 Å². The summed E-state index contributed by atoms with van der Waals surface area (Å²) in [5, 5.41) is 13.1. The Morgan fingerprint density at radius 1 is 1.40 bits per heavy atom. The first-order valence-electron chi connectivity index (χ1n) is 5.17. The van der Waals surface area contributed by atoms with Gasteiger partial charge in [0, 0.05) is 24.9 Å². The summed E-state index contributed by atoms with van der Waals surface area (Å²) in [7, 11) is 0. The van der Waals surface area contributed by atoms with Crippen LogP contribution in [0, 0.1) is 0 Å². The lowest BCUT2D eigenvalue weighted by Crippen LogP contribution is -2.46. The average Bonchev–Trinajstić information content (AvgIpc) is 2.17. The smallest absolute Gasteiger partial charge is 0.136 e. The molecule has 1 saturated heterocycles. The first-order valence-corrected chi connectivity index (χ1v) is 5.17. The molecule has 1 aromatic rings. The highest BCUT2D eigenvalue weighted by atomic mass is 16.3. The lowest BCUT2D eigenvalue weighted by molar-refractivity contribution is -0.122. The number of phenolic OH excluding ortho intramolecular Hbond substituents is 1. The highest BCUT2D eigenvalue weighted by Crippen LogP contribution is 2.33. The standard InChI is InChI=1S/C12H15NO2/c1-12(8-9(14)6-7-13-12)10-4-2-3-5-11(10)15/h2-5,13,15H,6-8H2,1H3. The van der Waals surface area contributed by atoms with E-state index in [1.54, 1.807) is 12.1 Å². The summed E-state index contributed by atoms with van der Waals surface area (Å²) in [6.07, 6.45) is 1.04. The monoisotopic (exact) mass is 205 g/mol. The molecule has 2 N–H and O–H groups in total. The van der Waals surface area contributed by atoms with E-state index in [2.05, 4.69) is 5.32 Å². The van der Waals surface area contributed by atoms with Gasteiger partial charge in [-0.05, 0) is 13.0 Å². The molecular formula is C12H15NO2. The van der Waals surface area contributed by atoms with Gasteiger partial charge in [0.2, 0.25) is 0 Å².